The summed E-state index contributed by atoms with van der Waals surface area (Å²) in [5.74, 6) is -0.0944. The molecule has 0 fully saturated rings. The molecule has 0 aromatic heterocycles. The van der Waals surface area contributed by atoms with E-state index < -0.39 is 0 Å². The minimum absolute atomic E-state index is 0.0472. The molecule has 0 unspecified atom stereocenters. The molecular weight excluding hydrogens is 162 g/mol. The van der Waals surface area contributed by atoms with Crippen LogP contribution in [0.1, 0.15) is 0 Å². The summed E-state index contributed by atoms with van der Waals surface area (Å²) in [6, 6.07) is 3.96. The Hall–Kier alpha value is -1.38. The first kappa shape index (κ1) is 7.72. The van der Waals surface area contributed by atoms with Crippen LogP contribution in [0.4, 0.5) is 5.69 Å². The summed E-state index contributed by atoms with van der Waals surface area (Å²) in [6.45, 7) is 0. The van der Waals surface area contributed by atoms with Crippen molar-refractivity contribution in [3.05, 3.63) is 18.2 Å². The fraction of sp³-hybridized carbons (Fsp3) is 0. The van der Waals surface area contributed by atoms with Crippen LogP contribution in [0.3, 0.4) is 0 Å². The molecule has 0 amide bonds. The van der Waals surface area contributed by atoms with Crippen molar-refractivity contribution in [2.45, 2.75) is 0 Å². The van der Waals surface area contributed by atoms with E-state index in [4.69, 9.17) is 10.2 Å². The maximum absolute atomic E-state index is 8.94. The van der Waals surface area contributed by atoms with Gasteiger partial charge in [-0.1, -0.05) is 0 Å². The zero-order valence-corrected chi connectivity index (χ0v) is 6.30. The van der Waals surface area contributed by atoms with Gasteiger partial charge in [-0.05, 0) is 12.2 Å². The van der Waals surface area contributed by atoms with E-state index in [0.29, 0.717) is 5.69 Å². The Morgan fingerprint density at radius 1 is 1.18 bits per heavy atom. The molecule has 3 nitrogen and oxygen atoms in total. The van der Waals surface area contributed by atoms with Crippen LogP contribution in [-0.2, 0) is 0 Å². The molecule has 0 spiro atoms. The quantitative estimate of drug-likeness (QED) is 0.495. The van der Waals surface area contributed by atoms with Crippen molar-refractivity contribution in [1.82, 2.24) is 0 Å². The molecule has 1 aromatic carbocycles. The van der Waals surface area contributed by atoms with Crippen LogP contribution >= 0.6 is 12.2 Å². The first-order chi connectivity index (χ1) is 5.22. The van der Waals surface area contributed by atoms with Gasteiger partial charge in [0.2, 0.25) is 0 Å². The molecule has 0 heterocycles. The second-order valence-electron chi connectivity index (χ2n) is 1.91. The molecule has 0 aliphatic rings. The molecule has 11 heavy (non-hydrogen) atoms. The summed E-state index contributed by atoms with van der Waals surface area (Å²) in [5, 5.41) is 20.0. The zero-order chi connectivity index (χ0) is 8.27. The van der Waals surface area contributed by atoms with Gasteiger partial charge >= 0.3 is 0 Å². The maximum Gasteiger partial charge on any atom is 0.121 e. The van der Waals surface area contributed by atoms with Crippen LogP contribution in [0, 0.1) is 0 Å². The van der Waals surface area contributed by atoms with E-state index in [-0.39, 0.29) is 11.5 Å². The Kier molecular flexibility index (Phi) is 2.21. The van der Waals surface area contributed by atoms with Gasteiger partial charge in [0.05, 0.1) is 10.8 Å². The lowest BCUT2D eigenvalue weighted by Crippen LogP contribution is -1.66. The Labute approximate surface area is 68.6 Å². The highest BCUT2D eigenvalue weighted by atomic mass is 32.1. The molecule has 2 N–H and O–H groups in total. The predicted octanol–water partition coefficient (Wildman–Crippen LogP) is 1.83. The van der Waals surface area contributed by atoms with E-state index >= 15 is 0 Å². The number of phenolic OH excluding ortho intramolecular Hbond substituents is 2. The smallest absolute Gasteiger partial charge is 0.121 e. The summed E-state index contributed by atoms with van der Waals surface area (Å²) in [5.41, 5.74) is 0.387. The predicted molar refractivity (Wildman–Crippen MR) is 44.5 cm³/mol. The number of hydrogen-bond acceptors (Lipinski definition) is 4. The summed E-state index contributed by atoms with van der Waals surface area (Å²) >= 11 is 4.34. The number of rotatable bonds is 1. The number of aliphatic imine (C=N–C) groups is 1. The fourth-order valence-electron chi connectivity index (χ4n) is 0.697. The molecule has 56 valence electrons. The van der Waals surface area contributed by atoms with Gasteiger partial charge in [0, 0.05) is 18.2 Å². The van der Waals surface area contributed by atoms with Gasteiger partial charge < -0.3 is 10.2 Å². The zero-order valence-electron chi connectivity index (χ0n) is 5.48. The van der Waals surface area contributed by atoms with Crippen molar-refractivity contribution >= 4 is 23.1 Å². The normalized spacial score (nSPS) is 8.73. The van der Waals surface area contributed by atoms with Crippen molar-refractivity contribution in [1.29, 1.82) is 0 Å². The van der Waals surface area contributed by atoms with E-state index in [1.807, 2.05) is 0 Å². The third kappa shape index (κ3) is 2.04. The van der Waals surface area contributed by atoms with Crippen molar-refractivity contribution in [2.75, 3.05) is 0 Å². The molecule has 1 aromatic rings. The number of aromatic hydroxyl groups is 2. The molecular formula is C7H5NO2S. The molecule has 1 rings (SSSR count). The van der Waals surface area contributed by atoms with Crippen LogP contribution in [0.2, 0.25) is 0 Å². The van der Waals surface area contributed by atoms with Crippen molar-refractivity contribution in [3.63, 3.8) is 0 Å². The minimum Gasteiger partial charge on any atom is -0.508 e. The molecule has 0 saturated carbocycles. The van der Waals surface area contributed by atoms with Gasteiger partial charge in [0.25, 0.3) is 0 Å². The number of nitrogens with zero attached hydrogens (tertiary/aromatic N) is 1. The molecule has 4 heteroatoms. The van der Waals surface area contributed by atoms with Gasteiger partial charge in [-0.15, -0.1) is 0 Å². The fourth-order valence-corrected chi connectivity index (χ4v) is 0.802. The molecule has 0 radical (unpaired) electrons. The third-order valence-electron chi connectivity index (χ3n) is 1.06. The van der Waals surface area contributed by atoms with Crippen molar-refractivity contribution in [2.24, 2.45) is 4.99 Å². The van der Waals surface area contributed by atoms with Crippen LogP contribution in [0.15, 0.2) is 23.2 Å². The first-order valence-electron chi connectivity index (χ1n) is 2.83. The maximum atomic E-state index is 8.94. The second kappa shape index (κ2) is 3.14. The van der Waals surface area contributed by atoms with Crippen LogP contribution in [-0.4, -0.2) is 15.4 Å². The van der Waals surface area contributed by atoms with Gasteiger partial charge in [0.1, 0.15) is 11.5 Å². The summed E-state index contributed by atoms with van der Waals surface area (Å²) < 4.78 is 0. The molecule has 0 saturated heterocycles. The second-order valence-corrected chi connectivity index (χ2v) is 2.09. The largest absolute Gasteiger partial charge is 0.508 e. The van der Waals surface area contributed by atoms with Gasteiger partial charge in [-0.3, -0.25) is 0 Å². The van der Waals surface area contributed by atoms with Gasteiger partial charge in [0.15, 0.2) is 0 Å². The van der Waals surface area contributed by atoms with Crippen LogP contribution < -0.4 is 0 Å². The molecule has 0 bridgehead atoms. The molecule has 0 aliphatic heterocycles. The van der Waals surface area contributed by atoms with E-state index in [1.165, 1.54) is 18.2 Å². The monoisotopic (exact) mass is 167 g/mol. The highest BCUT2D eigenvalue weighted by Crippen LogP contribution is 2.25. The van der Waals surface area contributed by atoms with Crippen molar-refractivity contribution < 1.29 is 10.2 Å². The lowest BCUT2D eigenvalue weighted by atomic mass is 10.3. The Morgan fingerprint density at radius 3 is 2.18 bits per heavy atom. The SMILES string of the molecule is Oc1cc(O)cc(N=C=S)c1. The summed E-state index contributed by atoms with van der Waals surface area (Å²) in [7, 11) is 0. The Morgan fingerprint density at radius 2 is 1.73 bits per heavy atom. The van der Waals surface area contributed by atoms with Gasteiger partial charge in [-0.25, -0.2) is 0 Å². The van der Waals surface area contributed by atoms with E-state index in [9.17, 15) is 0 Å². The average molecular weight is 167 g/mol. The van der Waals surface area contributed by atoms with Gasteiger partial charge in [-0.2, -0.15) is 4.99 Å². The number of benzene rings is 1. The first-order valence-corrected chi connectivity index (χ1v) is 3.24. The highest BCUT2D eigenvalue weighted by molar-refractivity contribution is 7.78. The highest BCUT2D eigenvalue weighted by Gasteiger charge is 1.95. The lowest BCUT2D eigenvalue weighted by molar-refractivity contribution is 0.451. The van der Waals surface area contributed by atoms with Crippen LogP contribution in [0.25, 0.3) is 0 Å². The number of phenols is 2. The Bertz CT molecular complexity index is 298. The average Bonchev–Trinajstić information content (AvgIpc) is 1.85. The van der Waals surface area contributed by atoms with Crippen molar-refractivity contribution in [3.8, 4) is 11.5 Å². The van der Waals surface area contributed by atoms with E-state index in [2.05, 4.69) is 22.4 Å². The number of isothiocyanates is 1. The van der Waals surface area contributed by atoms with Crippen LogP contribution in [0.5, 0.6) is 11.5 Å². The Balaban J connectivity index is 3.18. The summed E-state index contributed by atoms with van der Waals surface area (Å²) in [6.07, 6.45) is 0. The standard InChI is InChI=1S/C7H5NO2S/c9-6-1-5(8-4-11)2-7(10)3-6/h1-3,9-10H. The lowest BCUT2D eigenvalue weighted by Gasteiger charge is -1.94. The molecule has 0 atom stereocenters. The van der Waals surface area contributed by atoms with E-state index in [1.54, 1.807) is 0 Å². The third-order valence-corrected chi connectivity index (χ3v) is 1.15. The number of thiocarbonyl (C=S) groups is 1. The molecule has 0 aliphatic carbocycles. The summed E-state index contributed by atoms with van der Waals surface area (Å²) in [4.78, 5) is 3.57. The topological polar surface area (TPSA) is 52.8 Å². The number of hydrogen-bond donors (Lipinski definition) is 2. The minimum atomic E-state index is -0.0472. The van der Waals surface area contributed by atoms with E-state index in [0.717, 1.165) is 0 Å².